The molecule has 1 aliphatic heterocycles. The number of hydrogen-bond donors (Lipinski definition) is 1. The number of carbonyl (C=O) groups is 2. The van der Waals surface area contributed by atoms with Gasteiger partial charge in [0.1, 0.15) is 5.41 Å². The lowest BCUT2D eigenvalue weighted by Crippen LogP contribution is -2.52. The molecule has 0 unspecified atom stereocenters. The number of anilines is 1. The van der Waals surface area contributed by atoms with Gasteiger partial charge in [0.25, 0.3) is 0 Å². The van der Waals surface area contributed by atoms with Crippen molar-refractivity contribution in [1.29, 1.82) is 0 Å². The van der Waals surface area contributed by atoms with Crippen LogP contribution in [0.4, 0.5) is 5.69 Å². The van der Waals surface area contributed by atoms with Crippen molar-refractivity contribution in [2.75, 3.05) is 38.0 Å². The van der Waals surface area contributed by atoms with E-state index < -0.39 is 5.41 Å². The van der Waals surface area contributed by atoms with E-state index in [2.05, 4.69) is 17.1 Å². The first-order valence-electron chi connectivity index (χ1n) is 8.14. The molecule has 6 heteroatoms. The molecule has 2 fully saturated rings. The molecule has 3 rings (SSSR count). The van der Waals surface area contributed by atoms with Gasteiger partial charge in [0.2, 0.25) is 11.8 Å². The van der Waals surface area contributed by atoms with Gasteiger partial charge in [-0.15, -0.1) is 0 Å². The van der Waals surface area contributed by atoms with Crippen molar-refractivity contribution in [2.24, 2.45) is 5.41 Å². The minimum absolute atomic E-state index is 0.0142. The molecule has 0 aromatic heterocycles. The normalized spacial score (nSPS) is 20.2. The Hall–Kier alpha value is -1.59. The number of nitrogens with zero attached hydrogens (tertiary/aromatic N) is 2. The van der Waals surface area contributed by atoms with Crippen molar-refractivity contribution in [3.05, 3.63) is 29.3 Å². The molecule has 1 heterocycles. The summed E-state index contributed by atoms with van der Waals surface area (Å²) in [5.41, 5.74) is -0.178. The third-order valence-corrected chi connectivity index (χ3v) is 5.05. The highest BCUT2D eigenvalue weighted by atomic mass is 35.5. The lowest BCUT2D eigenvalue weighted by molar-refractivity contribution is -0.143. The summed E-state index contributed by atoms with van der Waals surface area (Å²) >= 11 is 5.85. The molecule has 2 amide bonds. The molecule has 1 saturated carbocycles. The predicted octanol–water partition coefficient (Wildman–Crippen LogP) is 2.22. The molecular formula is C17H22ClN3O2. The predicted molar refractivity (Wildman–Crippen MR) is 90.4 cm³/mol. The monoisotopic (exact) mass is 335 g/mol. The van der Waals surface area contributed by atoms with Crippen LogP contribution in [0.15, 0.2) is 24.3 Å². The number of piperazine rings is 1. The molecular weight excluding hydrogens is 314 g/mol. The summed E-state index contributed by atoms with van der Waals surface area (Å²) in [7, 11) is 0. The highest BCUT2D eigenvalue weighted by Crippen LogP contribution is 2.48. The number of rotatable bonds is 4. The van der Waals surface area contributed by atoms with Crippen LogP contribution in [0.2, 0.25) is 5.02 Å². The van der Waals surface area contributed by atoms with Crippen molar-refractivity contribution in [3.63, 3.8) is 0 Å². The minimum Gasteiger partial charge on any atom is -0.339 e. The van der Waals surface area contributed by atoms with E-state index in [1.54, 1.807) is 24.3 Å². The summed E-state index contributed by atoms with van der Waals surface area (Å²) in [6, 6.07) is 6.95. The van der Waals surface area contributed by atoms with E-state index >= 15 is 0 Å². The second-order valence-corrected chi connectivity index (χ2v) is 6.71. The van der Waals surface area contributed by atoms with Crippen molar-refractivity contribution in [1.82, 2.24) is 9.80 Å². The largest absolute Gasteiger partial charge is 0.339 e. The average Bonchev–Trinajstić information content (AvgIpc) is 3.38. The maximum Gasteiger partial charge on any atom is 0.240 e. The Morgan fingerprint density at radius 2 is 1.74 bits per heavy atom. The fraction of sp³-hybridized carbons (Fsp3) is 0.529. The molecule has 0 spiro atoms. The Balaban J connectivity index is 1.63. The van der Waals surface area contributed by atoms with Gasteiger partial charge in [-0.3, -0.25) is 9.59 Å². The molecule has 0 atom stereocenters. The van der Waals surface area contributed by atoms with Gasteiger partial charge in [-0.05, 0) is 43.7 Å². The zero-order valence-electron chi connectivity index (χ0n) is 13.3. The first-order chi connectivity index (χ1) is 11.0. The average molecular weight is 336 g/mol. The van der Waals surface area contributed by atoms with E-state index in [0.717, 1.165) is 19.6 Å². The summed E-state index contributed by atoms with van der Waals surface area (Å²) in [5.74, 6) is -0.206. The fourth-order valence-corrected chi connectivity index (χ4v) is 3.14. The SMILES string of the molecule is CCN1CCN(C(=O)C2(C(=O)Nc3ccc(Cl)cc3)CC2)CC1. The third kappa shape index (κ3) is 3.35. The first kappa shape index (κ1) is 16.3. The van der Waals surface area contributed by atoms with Gasteiger partial charge in [-0.1, -0.05) is 18.5 Å². The Kier molecular flexibility index (Phi) is 4.60. The van der Waals surface area contributed by atoms with Crippen LogP contribution in [0, 0.1) is 5.41 Å². The molecule has 1 N–H and O–H groups in total. The second kappa shape index (κ2) is 6.49. The molecule has 1 aliphatic carbocycles. The summed E-state index contributed by atoms with van der Waals surface area (Å²) in [4.78, 5) is 29.5. The number of nitrogens with one attached hydrogen (secondary N) is 1. The van der Waals surface area contributed by atoms with E-state index in [0.29, 0.717) is 36.6 Å². The number of hydrogen-bond acceptors (Lipinski definition) is 3. The maximum absolute atomic E-state index is 12.8. The molecule has 1 aromatic rings. The Bertz CT molecular complexity index is 590. The van der Waals surface area contributed by atoms with Crippen molar-refractivity contribution in [3.8, 4) is 0 Å². The standard InChI is InChI=1S/C17H22ClN3O2/c1-2-20-9-11-21(12-10-20)16(23)17(7-8-17)15(22)19-14-5-3-13(18)4-6-14/h3-6H,2,7-12H2,1H3,(H,19,22). The molecule has 0 radical (unpaired) electrons. The highest BCUT2D eigenvalue weighted by molar-refractivity contribution is 6.30. The van der Waals surface area contributed by atoms with E-state index in [9.17, 15) is 9.59 Å². The maximum atomic E-state index is 12.8. The quantitative estimate of drug-likeness (QED) is 0.858. The van der Waals surface area contributed by atoms with Crippen molar-refractivity contribution in [2.45, 2.75) is 19.8 Å². The minimum atomic E-state index is -0.853. The lowest BCUT2D eigenvalue weighted by atomic mass is 10.0. The van der Waals surface area contributed by atoms with Gasteiger partial charge in [0.05, 0.1) is 0 Å². The van der Waals surface area contributed by atoms with Crippen LogP contribution >= 0.6 is 11.6 Å². The molecule has 23 heavy (non-hydrogen) atoms. The van der Waals surface area contributed by atoms with Gasteiger partial charge < -0.3 is 15.1 Å². The molecule has 2 aliphatic rings. The van der Waals surface area contributed by atoms with Gasteiger partial charge in [-0.25, -0.2) is 0 Å². The van der Waals surface area contributed by atoms with Crippen LogP contribution in [0.3, 0.4) is 0 Å². The van der Waals surface area contributed by atoms with Gasteiger partial charge >= 0.3 is 0 Å². The summed E-state index contributed by atoms with van der Waals surface area (Å²) in [5, 5.41) is 3.48. The highest BCUT2D eigenvalue weighted by Gasteiger charge is 2.58. The fourth-order valence-electron chi connectivity index (χ4n) is 3.02. The zero-order chi connectivity index (χ0) is 16.4. The second-order valence-electron chi connectivity index (χ2n) is 6.27. The Morgan fingerprint density at radius 3 is 2.26 bits per heavy atom. The van der Waals surface area contributed by atoms with Gasteiger partial charge in [0.15, 0.2) is 0 Å². The van der Waals surface area contributed by atoms with Crippen LogP contribution in [-0.4, -0.2) is 54.3 Å². The summed E-state index contributed by atoms with van der Waals surface area (Å²) in [6.45, 7) is 6.32. The van der Waals surface area contributed by atoms with Crippen molar-refractivity contribution < 1.29 is 9.59 Å². The number of likely N-dealkylation sites (N-methyl/N-ethyl adjacent to an activating group) is 1. The topological polar surface area (TPSA) is 52.7 Å². The molecule has 0 bridgehead atoms. The van der Waals surface area contributed by atoms with Gasteiger partial charge in [0, 0.05) is 36.9 Å². The number of halogens is 1. The van der Waals surface area contributed by atoms with E-state index in [-0.39, 0.29) is 11.8 Å². The van der Waals surface area contributed by atoms with Crippen LogP contribution in [0.1, 0.15) is 19.8 Å². The summed E-state index contributed by atoms with van der Waals surface area (Å²) < 4.78 is 0. The van der Waals surface area contributed by atoms with Crippen LogP contribution < -0.4 is 5.32 Å². The Labute approximate surface area is 141 Å². The molecule has 1 aromatic carbocycles. The molecule has 5 nitrogen and oxygen atoms in total. The van der Waals surface area contributed by atoms with Crippen LogP contribution in [-0.2, 0) is 9.59 Å². The van der Waals surface area contributed by atoms with E-state index in [1.807, 2.05) is 4.90 Å². The van der Waals surface area contributed by atoms with E-state index in [1.165, 1.54) is 0 Å². The first-order valence-corrected chi connectivity index (χ1v) is 8.52. The number of benzene rings is 1. The third-order valence-electron chi connectivity index (χ3n) is 4.80. The molecule has 1 saturated heterocycles. The van der Waals surface area contributed by atoms with Crippen LogP contribution in [0.5, 0.6) is 0 Å². The number of carbonyl (C=O) groups excluding carboxylic acids is 2. The van der Waals surface area contributed by atoms with Crippen LogP contribution in [0.25, 0.3) is 0 Å². The van der Waals surface area contributed by atoms with Crippen molar-refractivity contribution >= 4 is 29.1 Å². The Morgan fingerprint density at radius 1 is 1.13 bits per heavy atom. The summed E-state index contributed by atoms with van der Waals surface area (Å²) in [6.07, 6.45) is 1.28. The van der Waals surface area contributed by atoms with Gasteiger partial charge in [-0.2, -0.15) is 0 Å². The zero-order valence-corrected chi connectivity index (χ0v) is 14.1. The smallest absolute Gasteiger partial charge is 0.240 e. The number of amides is 2. The van der Waals surface area contributed by atoms with E-state index in [4.69, 9.17) is 11.6 Å². The molecule has 124 valence electrons. The lowest BCUT2D eigenvalue weighted by Gasteiger charge is -2.35.